The van der Waals surface area contributed by atoms with Crippen LogP contribution in [0.15, 0.2) is 24.5 Å². The normalized spacial score (nSPS) is 21.1. The molecule has 0 radical (unpaired) electrons. The molecule has 1 aromatic rings. The number of likely N-dealkylation sites (tertiary alicyclic amines) is 1. The van der Waals surface area contributed by atoms with Crippen molar-refractivity contribution in [2.24, 2.45) is 0 Å². The molecule has 0 aromatic carbocycles. The minimum absolute atomic E-state index is 0.112. The third-order valence-electron chi connectivity index (χ3n) is 5.27. The van der Waals surface area contributed by atoms with Gasteiger partial charge in [0.05, 0.1) is 11.7 Å². The molecule has 1 aliphatic heterocycles. The van der Waals surface area contributed by atoms with Crippen molar-refractivity contribution in [1.82, 2.24) is 20.2 Å². The molecule has 1 saturated heterocycles. The molecule has 158 valence electrons. The number of carbonyl (C=O) groups is 2. The number of nitrogens with zero attached hydrogens (tertiary/aromatic N) is 3. The molecule has 29 heavy (non-hydrogen) atoms. The molecule has 1 atom stereocenters. The Hall–Kier alpha value is -2.44. The van der Waals surface area contributed by atoms with E-state index in [2.05, 4.69) is 15.3 Å². The van der Waals surface area contributed by atoms with Gasteiger partial charge in [-0.15, -0.1) is 0 Å². The number of hydrogen-bond donors (Lipinski definition) is 1. The summed E-state index contributed by atoms with van der Waals surface area (Å²) in [5.74, 6) is 0.396. The molecule has 1 amide bonds. The van der Waals surface area contributed by atoms with Crippen LogP contribution in [0.2, 0.25) is 0 Å². The van der Waals surface area contributed by atoms with Crippen molar-refractivity contribution < 1.29 is 14.3 Å². The zero-order valence-electron chi connectivity index (χ0n) is 17.7. The van der Waals surface area contributed by atoms with Crippen LogP contribution in [0, 0.1) is 0 Å². The van der Waals surface area contributed by atoms with Crippen LogP contribution in [-0.4, -0.2) is 51.0 Å². The van der Waals surface area contributed by atoms with Crippen LogP contribution < -0.4 is 5.32 Å². The molecule has 2 aliphatic rings. The molecular weight excluding hydrogens is 368 g/mol. The second-order valence-electron chi connectivity index (χ2n) is 8.84. The number of nitrogens with one attached hydrogen (secondary N) is 1. The van der Waals surface area contributed by atoms with Crippen molar-refractivity contribution in [2.45, 2.75) is 83.4 Å². The van der Waals surface area contributed by atoms with E-state index >= 15 is 0 Å². The van der Waals surface area contributed by atoms with E-state index in [4.69, 9.17) is 4.74 Å². The van der Waals surface area contributed by atoms with Crippen LogP contribution in [0.25, 0.3) is 5.70 Å². The van der Waals surface area contributed by atoms with Crippen molar-refractivity contribution in [3.05, 3.63) is 30.4 Å². The molecule has 1 aromatic heterocycles. The lowest BCUT2D eigenvalue weighted by atomic mass is 9.95. The van der Waals surface area contributed by atoms with Gasteiger partial charge in [0, 0.05) is 31.1 Å². The topological polar surface area (TPSA) is 84.4 Å². The smallest absolute Gasteiger partial charge is 0.410 e. The Labute approximate surface area is 172 Å². The van der Waals surface area contributed by atoms with Crippen molar-refractivity contribution in [3.8, 4) is 0 Å². The van der Waals surface area contributed by atoms with E-state index in [9.17, 15) is 9.59 Å². The fourth-order valence-electron chi connectivity index (χ4n) is 3.92. The van der Waals surface area contributed by atoms with Gasteiger partial charge < -0.3 is 10.1 Å². The third kappa shape index (κ3) is 6.02. The van der Waals surface area contributed by atoms with Crippen LogP contribution in [0.5, 0.6) is 0 Å². The maximum atomic E-state index is 13.1. The van der Waals surface area contributed by atoms with E-state index in [0.717, 1.165) is 19.3 Å². The molecule has 0 spiro atoms. The number of ether oxygens (including phenoxy) is 1. The second kappa shape index (κ2) is 9.37. The number of aromatic nitrogens is 2. The SMILES string of the molecule is CC(C)(C)OC(=O)N1CCC[C@H]1C(=O)C=C(NC1CCCCC1)c1ncccn1. The minimum Gasteiger partial charge on any atom is -0.444 e. The molecule has 2 fully saturated rings. The summed E-state index contributed by atoms with van der Waals surface area (Å²) in [6.45, 7) is 6.02. The van der Waals surface area contributed by atoms with E-state index in [0.29, 0.717) is 30.5 Å². The number of carbonyl (C=O) groups excluding carboxylic acids is 2. The van der Waals surface area contributed by atoms with Crippen molar-refractivity contribution in [2.75, 3.05) is 6.54 Å². The van der Waals surface area contributed by atoms with Crippen molar-refractivity contribution >= 4 is 17.6 Å². The third-order valence-corrected chi connectivity index (χ3v) is 5.27. The van der Waals surface area contributed by atoms with Gasteiger partial charge in [-0.1, -0.05) is 19.3 Å². The molecule has 0 bridgehead atoms. The number of amides is 1. The van der Waals surface area contributed by atoms with E-state index in [1.165, 1.54) is 19.3 Å². The van der Waals surface area contributed by atoms with Gasteiger partial charge in [-0.3, -0.25) is 9.69 Å². The summed E-state index contributed by atoms with van der Waals surface area (Å²) in [6.07, 6.45) is 11.7. The van der Waals surface area contributed by atoms with E-state index in [-0.39, 0.29) is 5.78 Å². The highest BCUT2D eigenvalue weighted by Crippen LogP contribution is 2.24. The van der Waals surface area contributed by atoms with Crippen LogP contribution in [0.3, 0.4) is 0 Å². The van der Waals surface area contributed by atoms with Crippen molar-refractivity contribution in [3.63, 3.8) is 0 Å². The Morgan fingerprint density at radius 3 is 2.45 bits per heavy atom. The van der Waals surface area contributed by atoms with Crippen LogP contribution in [0.4, 0.5) is 4.79 Å². The highest BCUT2D eigenvalue weighted by Gasteiger charge is 2.36. The summed E-state index contributed by atoms with van der Waals surface area (Å²) in [6, 6.07) is 1.57. The monoisotopic (exact) mass is 400 g/mol. The Morgan fingerprint density at radius 1 is 1.10 bits per heavy atom. The standard InChI is InChI=1S/C22H32N4O3/c1-22(2,3)29-21(28)26-14-7-11-18(26)19(27)15-17(20-23-12-8-13-24-20)25-16-9-5-4-6-10-16/h8,12-13,15-16,18,25H,4-7,9-11,14H2,1-3H3/t18-/m0/s1. The molecule has 1 N–H and O–H groups in total. The second-order valence-corrected chi connectivity index (χ2v) is 8.84. The number of rotatable bonds is 5. The first-order chi connectivity index (χ1) is 13.8. The van der Waals surface area contributed by atoms with Crippen LogP contribution >= 0.6 is 0 Å². The summed E-state index contributed by atoms with van der Waals surface area (Å²) < 4.78 is 5.49. The van der Waals surface area contributed by atoms with Gasteiger partial charge in [0.15, 0.2) is 11.6 Å². The Morgan fingerprint density at radius 2 is 1.79 bits per heavy atom. The van der Waals surface area contributed by atoms with E-state index < -0.39 is 17.7 Å². The molecule has 3 rings (SSSR count). The van der Waals surface area contributed by atoms with Crippen LogP contribution in [0.1, 0.15) is 71.5 Å². The largest absolute Gasteiger partial charge is 0.444 e. The van der Waals surface area contributed by atoms with Gasteiger partial charge in [-0.2, -0.15) is 0 Å². The number of ketones is 1. The fraction of sp³-hybridized carbons (Fsp3) is 0.636. The molecule has 2 heterocycles. The highest BCUT2D eigenvalue weighted by atomic mass is 16.6. The quantitative estimate of drug-likeness (QED) is 0.759. The minimum atomic E-state index is -0.589. The lowest BCUT2D eigenvalue weighted by Crippen LogP contribution is -2.43. The van der Waals surface area contributed by atoms with Gasteiger partial charge in [-0.25, -0.2) is 14.8 Å². The predicted octanol–water partition coefficient (Wildman–Crippen LogP) is 3.71. The average Bonchev–Trinajstić information content (AvgIpc) is 3.18. The predicted molar refractivity (Wildman–Crippen MR) is 111 cm³/mol. The summed E-state index contributed by atoms with van der Waals surface area (Å²) >= 11 is 0. The summed E-state index contributed by atoms with van der Waals surface area (Å²) in [5, 5.41) is 3.49. The Balaban J connectivity index is 1.78. The zero-order chi connectivity index (χ0) is 20.9. The molecule has 1 saturated carbocycles. The molecule has 1 aliphatic carbocycles. The lowest BCUT2D eigenvalue weighted by Gasteiger charge is -2.28. The first-order valence-corrected chi connectivity index (χ1v) is 10.6. The Bertz CT molecular complexity index is 736. The van der Waals surface area contributed by atoms with Gasteiger partial charge in [0.2, 0.25) is 0 Å². The average molecular weight is 401 g/mol. The number of hydrogen-bond acceptors (Lipinski definition) is 6. The summed E-state index contributed by atoms with van der Waals surface area (Å²) in [7, 11) is 0. The van der Waals surface area contributed by atoms with Gasteiger partial charge in [0.25, 0.3) is 0 Å². The molecular formula is C22H32N4O3. The van der Waals surface area contributed by atoms with Crippen LogP contribution in [-0.2, 0) is 9.53 Å². The van der Waals surface area contributed by atoms with E-state index in [1.807, 2.05) is 20.8 Å². The summed E-state index contributed by atoms with van der Waals surface area (Å²) in [5.41, 5.74) is 0.0489. The van der Waals surface area contributed by atoms with Gasteiger partial charge in [0.1, 0.15) is 5.60 Å². The highest BCUT2D eigenvalue weighted by molar-refractivity contribution is 6.01. The molecule has 0 unspecified atom stereocenters. The lowest BCUT2D eigenvalue weighted by molar-refractivity contribution is -0.118. The fourth-order valence-corrected chi connectivity index (χ4v) is 3.92. The first-order valence-electron chi connectivity index (χ1n) is 10.6. The molecule has 7 nitrogen and oxygen atoms in total. The first kappa shape index (κ1) is 21.3. The molecule has 7 heteroatoms. The maximum Gasteiger partial charge on any atom is 0.410 e. The Kier molecular flexibility index (Phi) is 6.87. The zero-order valence-corrected chi connectivity index (χ0v) is 17.7. The van der Waals surface area contributed by atoms with Gasteiger partial charge in [-0.05, 0) is 52.5 Å². The maximum absolute atomic E-state index is 13.1. The van der Waals surface area contributed by atoms with Crippen molar-refractivity contribution in [1.29, 1.82) is 0 Å². The summed E-state index contributed by atoms with van der Waals surface area (Å²) in [4.78, 5) is 35.9. The van der Waals surface area contributed by atoms with Gasteiger partial charge >= 0.3 is 6.09 Å². The van der Waals surface area contributed by atoms with E-state index in [1.54, 1.807) is 29.4 Å².